The van der Waals surface area contributed by atoms with Crippen LogP contribution in [0.1, 0.15) is 29.2 Å². The molecule has 2 aromatic rings. The minimum atomic E-state index is -4.91. The molecule has 0 heterocycles. The number of halogens is 6. The Morgan fingerprint density at radius 3 is 1.93 bits per heavy atom. The first-order chi connectivity index (χ1) is 20.1. The molecule has 0 aliphatic carbocycles. The van der Waals surface area contributed by atoms with Gasteiger partial charge in [-0.2, -0.15) is 13.2 Å². The number of alkyl halides is 6. The third-order valence-corrected chi connectivity index (χ3v) is 5.98. The Balaban J connectivity index is 2.22. The van der Waals surface area contributed by atoms with E-state index in [1.807, 2.05) is 0 Å². The summed E-state index contributed by atoms with van der Waals surface area (Å²) in [6.45, 7) is 0.241. The first-order valence-electron chi connectivity index (χ1n) is 12.8. The highest BCUT2D eigenvalue weighted by Crippen LogP contribution is 2.30. The normalized spacial score (nSPS) is 13.9. The second-order valence-corrected chi connectivity index (χ2v) is 9.23. The van der Waals surface area contributed by atoms with E-state index in [4.69, 9.17) is 17.2 Å². The van der Waals surface area contributed by atoms with Gasteiger partial charge in [-0.25, -0.2) is 0 Å². The van der Waals surface area contributed by atoms with Gasteiger partial charge in [-0.3, -0.25) is 14.4 Å². The number of hydrogen-bond donors (Lipinski definition) is 6. The monoisotopic (exact) mass is 622 g/mol. The van der Waals surface area contributed by atoms with E-state index < -0.39 is 66.2 Å². The summed E-state index contributed by atoms with van der Waals surface area (Å²) in [5.41, 5.74) is 16.0. The fraction of sp³-hybridized carbons (Fsp3) is 0.423. The Morgan fingerprint density at radius 2 is 1.44 bits per heavy atom. The summed E-state index contributed by atoms with van der Waals surface area (Å²) < 4.78 is 79.9. The average molecular weight is 623 g/mol. The lowest BCUT2D eigenvalue weighted by molar-refractivity contribution is -0.274. The van der Waals surface area contributed by atoms with Crippen molar-refractivity contribution in [3.8, 4) is 5.75 Å². The molecule has 11 nitrogen and oxygen atoms in total. The van der Waals surface area contributed by atoms with Crippen LogP contribution in [0.15, 0.2) is 48.5 Å². The number of benzene rings is 2. The van der Waals surface area contributed by atoms with Crippen molar-refractivity contribution in [3.05, 3.63) is 65.2 Å². The third kappa shape index (κ3) is 11.3. The van der Waals surface area contributed by atoms with Gasteiger partial charge < -0.3 is 42.6 Å². The number of ether oxygens (including phenoxy) is 1. The van der Waals surface area contributed by atoms with E-state index in [1.165, 1.54) is 17.0 Å². The second-order valence-electron chi connectivity index (χ2n) is 9.23. The molecule has 43 heavy (non-hydrogen) atoms. The number of nitrogens with one attached hydrogen (secondary N) is 2. The molecule has 0 aliphatic heterocycles. The minimum Gasteiger partial charge on any atom is -0.406 e. The number of aliphatic hydroxyl groups excluding tert-OH is 1. The van der Waals surface area contributed by atoms with Crippen molar-refractivity contribution in [1.82, 2.24) is 15.5 Å². The van der Waals surface area contributed by atoms with E-state index in [1.54, 1.807) is 0 Å². The number of rotatable bonds is 14. The molecule has 3 amide bonds. The van der Waals surface area contributed by atoms with E-state index in [0.29, 0.717) is 17.7 Å². The van der Waals surface area contributed by atoms with E-state index in [2.05, 4.69) is 15.4 Å². The molecule has 0 radical (unpaired) electrons. The van der Waals surface area contributed by atoms with Crippen LogP contribution in [-0.4, -0.2) is 72.4 Å². The van der Waals surface area contributed by atoms with Crippen molar-refractivity contribution in [2.75, 3.05) is 26.2 Å². The maximum atomic E-state index is 13.1. The predicted octanol–water partition coefficient (Wildman–Crippen LogP) is 0.902. The zero-order valence-electron chi connectivity index (χ0n) is 22.6. The number of nitrogens with zero attached hydrogens (tertiary/aromatic N) is 1. The summed E-state index contributed by atoms with van der Waals surface area (Å²) in [6, 6.07) is 4.32. The quantitative estimate of drug-likeness (QED) is 0.168. The lowest BCUT2D eigenvalue weighted by Crippen LogP contribution is -2.55. The van der Waals surface area contributed by atoms with Crippen LogP contribution < -0.4 is 32.6 Å². The summed E-state index contributed by atoms with van der Waals surface area (Å²) in [7, 11) is 0. The Morgan fingerprint density at radius 1 is 0.884 bits per heavy atom. The summed E-state index contributed by atoms with van der Waals surface area (Å²) >= 11 is 0. The van der Waals surface area contributed by atoms with Crippen molar-refractivity contribution in [2.24, 2.45) is 17.2 Å². The van der Waals surface area contributed by atoms with Gasteiger partial charge in [0, 0.05) is 32.7 Å². The molecule has 0 saturated heterocycles. The van der Waals surface area contributed by atoms with Crippen LogP contribution in [0.25, 0.3) is 0 Å². The van der Waals surface area contributed by atoms with Crippen molar-refractivity contribution in [3.63, 3.8) is 0 Å². The molecular weight excluding hydrogens is 590 g/mol. The first kappa shape index (κ1) is 35.3. The number of carbonyl (C=O) groups excluding carboxylic acids is 3. The molecule has 17 heteroatoms. The topological polar surface area (TPSA) is 186 Å². The Bertz CT molecular complexity index is 1200. The number of hydrogen-bond acceptors (Lipinski definition) is 8. The molecule has 0 spiro atoms. The van der Waals surface area contributed by atoms with Gasteiger partial charge >= 0.3 is 12.5 Å². The second kappa shape index (κ2) is 15.5. The zero-order valence-corrected chi connectivity index (χ0v) is 22.6. The molecule has 9 N–H and O–H groups in total. The Hall–Kier alpha value is -3.93. The highest BCUT2D eigenvalue weighted by atomic mass is 19.4. The van der Waals surface area contributed by atoms with Gasteiger partial charge in [0.1, 0.15) is 17.9 Å². The van der Waals surface area contributed by atoms with Crippen LogP contribution in [0, 0.1) is 0 Å². The fourth-order valence-corrected chi connectivity index (χ4v) is 3.80. The number of amides is 3. The maximum Gasteiger partial charge on any atom is 0.573 e. The maximum absolute atomic E-state index is 13.1. The van der Waals surface area contributed by atoms with E-state index in [-0.39, 0.29) is 38.3 Å². The van der Waals surface area contributed by atoms with Crippen molar-refractivity contribution in [1.29, 1.82) is 0 Å². The number of aliphatic hydroxyl groups is 1. The van der Waals surface area contributed by atoms with Gasteiger partial charge in [0.15, 0.2) is 0 Å². The standard InChI is InChI=1S/C26H32F6N6O5/c27-25(28,29)17-5-3-16(4-6-17)22(40)21(37-23(41)19(35)13-20(39)38(11-9-33)12-10-34)24(42)36-14-15-1-7-18(8-2-15)43-26(30,31)32/h1-8,19,21-22,40H,9-14,33-35H2,(H,36,42)(H,37,41)/t19?,21?,22-/m1/s1. The minimum absolute atomic E-state index is 0.118. The van der Waals surface area contributed by atoms with Crippen molar-refractivity contribution in [2.45, 2.75) is 43.7 Å². The van der Waals surface area contributed by atoms with Crippen LogP contribution in [0.4, 0.5) is 26.3 Å². The SMILES string of the molecule is NCCN(CCN)C(=O)CC(N)C(=O)NC(C(=O)NCc1ccc(OC(F)(F)F)cc1)[C@H](O)c1ccc(C(F)(F)F)cc1. The molecule has 3 atom stereocenters. The van der Waals surface area contributed by atoms with Crippen LogP contribution in [-0.2, 0) is 27.1 Å². The predicted molar refractivity (Wildman–Crippen MR) is 141 cm³/mol. The van der Waals surface area contributed by atoms with E-state index >= 15 is 0 Å². The largest absolute Gasteiger partial charge is 0.573 e. The summed E-state index contributed by atoms with van der Waals surface area (Å²) in [5.74, 6) is -3.11. The number of nitrogens with two attached hydrogens (primary N) is 3. The molecule has 0 aliphatic rings. The van der Waals surface area contributed by atoms with Crippen LogP contribution in [0.2, 0.25) is 0 Å². The van der Waals surface area contributed by atoms with Crippen LogP contribution >= 0.6 is 0 Å². The first-order valence-corrected chi connectivity index (χ1v) is 12.8. The number of carbonyl (C=O) groups is 3. The van der Waals surface area contributed by atoms with Crippen LogP contribution in [0.3, 0.4) is 0 Å². The Kier molecular flexibility index (Phi) is 12.7. The lowest BCUT2D eigenvalue weighted by atomic mass is 9.99. The van der Waals surface area contributed by atoms with Gasteiger partial charge in [0.25, 0.3) is 0 Å². The van der Waals surface area contributed by atoms with Gasteiger partial charge in [0.2, 0.25) is 17.7 Å². The van der Waals surface area contributed by atoms with Gasteiger partial charge in [-0.05, 0) is 35.4 Å². The van der Waals surface area contributed by atoms with Gasteiger partial charge in [0.05, 0.1) is 18.0 Å². The fourth-order valence-electron chi connectivity index (χ4n) is 3.80. The molecule has 2 rings (SSSR count). The summed E-state index contributed by atoms with van der Waals surface area (Å²) in [6.07, 6.45) is -12.0. The van der Waals surface area contributed by atoms with Crippen molar-refractivity contribution < 1.29 is 50.6 Å². The summed E-state index contributed by atoms with van der Waals surface area (Å²) in [5, 5.41) is 15.5. The van der Waals surface area contributed by atoms with E-state index in [0.717, 1.165) is 24.3 Å². The molecule has 0 bridgehead atoms. The molecular formula is C26H32F6N6O5. The van der Waals surface area contributed by atoms with Crippen molar-refractivity contribution >= 4 is 17.7 Å². The lowest BCUT2D eigenvalue weighted by Gasteiger charge is -2.26. The zero-order chi connectivity index (χ0) is 32.4. The smallest absolute Gasteiger partial charge is 0.406 e. The molecule has 2 unspecified atom stereocenters. The molecule has 2 aromatic carbocycles. The molecule has 238 valence electrons. The third-order valence-electron chi connectivity index (χ3n) is 5.98. The van der Waals surface area contributed by atoms with Crippen LogP contribution in [0.5, 0.6) is 5.75 Å². The molecule has 0 aromatic heterocycles. The van der Waals surface area contributed by atoms with Gasteiger partial charge in [-0.15, -0.1) is 13.2 Å². The van der Waals surface area contributed by atoms with E-state index in [9.17, 15) is 45.8 Å². The highest BCUT2D eigenvalue weighted by molar-refractivity contribution is 5.92. The van der Waals surface area contributed by atoms with Gasteiger partial charge in [-0.1, -0.05) is 24.3 Å². The molecule has 0 saturated carbocycles. The average Bonchev–Trinajstić information content (AvgIpc) is 2.93. The highest BCUT2D eigenvalue weighted by Gasteiger charge is 2.34. The molecule has 0 fully saturated rings. The summed E-state index contributed by atoms with van der Waals surface area (Å²) in [4.78, 5) is 39.8. The Labute approximate surface area is 242 Å².